The number of hydrogen-bond donors (Lipinski definition) is 0. The van der Waals surface area contributed by atoms with Gasteiger partial charge in [-0.25, -0.2) is 0 Å². The lowest BCUT2D eigenvalue weighted by molar-refractivity contribution is -0.290. The van der Waals surface area contributed by atoms with Gasteiger partial charge in [-0.05, 0) is 49.2 Å². The summed E-state index contributed by atoms with van der Waals surface area (Å²) in [7, 11) is 3.33. The minimum atomic E-state index is -1.71. The fourth-order valence-corrected chi connectivity index (χ4v) is 5.91. The van der Waals surface area contributed by atoms with Gasteiger partial charge in [-0.3, -0.25) is 14.5 Å². The fraction of sp³-hybridized carbons (Fsp3) is 0.278. The number of anilines is 1. The summed E-state index contributed by atoms with van der Waals surface area (Å²) in [4.78, 5) is 31.0. The Morgan fingerprint density at radius 2 is 1.50 bits per heavy atom. The molecule has 2 aliphatic heterocycles. The van der Waals surface area contributed by atoms with Crippen molar-refractivity contribution in [3.05, 3.63) is 126 Å². The Bertz CT molecular complexity index is 1620. The first-order valence-electron chi connectivity index (χ1n) is 14.7. The maximum atomic E-state index is 13.9. The van der Waals surface area contributed by atoms with Crippen LogP contribution < -0.4 is 14.4 Å². The maximum Gasteiger partial charge on any atom is 0.282 e. The molecule has 0 saturated carbocycles. The molecule has 0 aromatic heterocycles. The number of para-hydroxylation sites is 1. The summed E-state index contributed by atoms with van der Waals surface area (Å²) < 4.78 is 24.9. The van der Waals surface area contributed by atoms with Crippen molar-refractivity contribution in [2.45, 2.75) is 50.5 Å². The molecule has 0 N–H and O–H groups in total. The highest BCUT2D eigenvalue weighted by atomic mass is 16.7. The predicted molar refractivity (Wildman–Crippen MR) is 166 cm³/mol. The van der Waals surface area contributed by atoms with Gasteiger partial charge in [0.1, 0.15) is 30.3 Å². The van der Waals surface area contributed by atoms with Gasteiger partial charge in [0.25, 0.3) is 11.8 Å². The van der Waals surface area contributed by atoms with E-state index in [-0.39, 0.29) is 17.9 Å². The van der Waals surface area contributed by atoms with Crippen LogP contribution in [0.25, 0.3) is 0 Å². The van der Waals surface area contributed by atoms with Crippen molar-refractivity contribution >= 4 is 17.5 Å². The summed E-state index contributed by atoms with van der Waals surface area (Å²) in [6, 6.07) is 33.7. The fourth-order valence-electron chi connectivity index (χ4n) is 5.91. The van der Waals surface area contributed by atoms with Crippen LogP contribution in [0.15, 0.2) is 109 Å². The van der Waals surface area contributed by atoms with E-state index in [2.05, 4.69) is 0 Å². The zero-order chi connectivity index (χ0) is 30.8. The summed E-state index contributed by atoms with van der Waals surface area (Å²) in [5, 5.41) is 0. The molecule has 5 atom stereocenters. The van der Waals surface area contributed by atoms with Gasteiger partial charge < -0.3 is 23.8 Å². The number of carbonyl (C=O) groups is 2. The van der Waals surface area contributed by atoms with Crippen molar-refractivity contribution in [2.75, 3.05) is 19.1 Å². The molecular formula is C36H36N2O6. The lowest BCUT2D eigenvalue weighted by Gasteiger charge is -2.52. The van der Waals surface area contributed by atoms with Gasteiger partial charge in [0.15, 0.2) is 6.10 Å². The number of carbonyl (C=O) groups excluding carboxylic acids is 2. The zero-order valence-electron chi connectivity index (χ0n) is 25.3. The van der Waals surface area contributed by atoms with Crippen molar-refractivity contribution < 1.29 is 28.5 Å². The van der Waals surface area contributed by atoms with E-state index >= 15 is 0 Å². The number of methoxy groups -OCH3 is 1. The van der Waals surface area contributed by atoms with E-state index in [9.17, 15) is 9.59 Å². The summed E-state index contributed by atoms with van der Waals surface area (Å²) in [5.41, 5.74) is 3.35. The Hall–Kier alpha value is -4.66. The molecule has 2 fully saturated rings. The SMILES string of the molecule is COc1ccc([C@@H]2[C@H](O[C@@]3(C)O[C@H](c4ccccc4)[C@H](C)N(C)C3=O)C(=O)N2c2ccccc2)c(OCc2ccccc2)c1. The van der Waals surface area contributed by atoms with Gasteiger partial charge in [-0.1, -0.05) is 78.9 Å². The highest BCUT2D eigenvalue weighted by Crippen LogP contribution is 2.48. The standard InChI is InChI=1S/C36H36N2O6/c1-24-32(26-16-10-6-11-17-26)43-36(2,35(40)37(24)3)44-33-31(38(34(33)39)27-18-12-7-13-19-27)29-21-20-28(41-4)22-30(29)42-23-25-14-8-5-9-15-25/h5-22,24,31-33H,23H2,1-4H3/t24-,31+,32-,33-,36+/m0/s1. The Balaban J connectivity index is 1.37. The van der Waals surface area contributed by atoms with E-state index in [1.807, 2.05) is 116 Å². The predicted octanol–water partition coefficient (Wildman–Crippen LogP) is 6.08. The first-order valence-corrected chi connectivity index (χ1v) is 14.7. The second-order valence-electron chi connectivity index (χ2n) is 11.3. The number of β-lactam (4-membered cyclic amide) rings is 1. The molecular weight excluding hydrogens is 556 g/mol. The van der Waals surface area contributed by atoms with Crippen molar-refractivity contribution in [3.63, 3.8) is 0 Å². The third-order valence-corrected chi connectivity index (χ3v) is 8.45. The van der Waals surface area contributed by atoms with E-state index < -0.39 is 24.0 Å². The Kier molecular flexibility index (Phi) is 8.12. The second kappa shape index (κ2) is 12.1. The summed E-state index contributed by atoms with van der Waals surface area (Å²) in [6.45, 7) is 3.86. The monoisotopic (exact) mass is 592 g/mol. The van der Waals surface area contributed by atoms with Gasteiger partial charge in [0, 0.05) is 24.4 Å². The first-order chi connectivity index (χ1) is 21.3. The second-order valence-corrected chi connectivity index (χ2v) is 11.3. The number of amides is 2. The van der Waals surface area contributed by atoms with Gasteiger partial charge in [-0.2, -0.15) is 0 Å². The lowest BCUT2D eigenvalue weighted by atomic mass is 9.88. The molecule has 0 bridgehead atoms. The van der Waals surface area contributed by atoms with Gasteiger partial charge in [0.05, 0.1) is 13.2 Å². The molecule has 226 valence electrons. The van der Waals surface area contributed by atoms with Crippen LogP contribution in [0.2, 0.25) is 0 Å². The van der Waals surface area contributed by atoms with Crippen LogP contribution in [0.4, 0.5) is 5.69 Å². The zero-order valence-corrected chi connectivity index (χ0v) is 25.3. The van der Waals surface area contributed by atoms with Crippen molar-refractivity contribution in [1.82, 2.24) is 4.90 Å². The molecule has 2 aliphatic rings. The van der Waals surface area contributed by atoms with E-state index in [0.717, 1.165) is 16.7 Å². The van der Waals surface area contributed by atoms with Crippen molar-refractivity contribution in [3.8, 4) is 11.5 Å². The van der Waals surface area contributed by atoms with E-state index in [1.54, 1.807) is 30.9 Å². The molecule has 4 aromatic carbocycles. The van der Waals surface area contributed by atoms with Crippen LogP contribution in [0, 0.1) is 0 Å². The van der Waals surface area contributed by atoms with E-state index in [1.165, 1.54) is 0 Å². The number of rotatable bonds is 9. The van der Waals surface area contributed by atoms with Crippen LogP contribution >= 0.6 is 0 Å². The van der Waals surface area contributed by atoms with Crippen LogP contribution in [0.1, 0.15) is 42.7 Å². The Morgan fingerprint density at radius 3 is 2.16 bits per heavy atom. The topological polar surface area (TPSA) is 77.5 Å². The molecule has 0 unspecified atom stereocenters. The van der Waals surface area contributed by atoms with E-state index in [4.69, 9.17) is 18.9 Å². The summed E-state index contributed by atoms with van der Waals surface area (Å²) in [5.74, 6) is -1.17. The van der Waals surface area contributed by atoms with Crippen molar-refractivity contribution in [2.24, 2.45) is 0 Å². The van der Waals surface area contributed by atoms with Gasteiger partial charge in [-0.15, -0.1) is 0 Å². The minimum Gasteiger partial charge on any atom is -0.497 e. The number of hydrogen-bond acceptors (Lipinski definition) is 6. The molecule has 8 heteroatoms. The first kappa shape index (κ1) is 29.4. The van der Waals surface area contributed by atoms with Crippen LogP contribution in [-0.2, 0) is 25.7 Å². The summed E-state index contributed by atoms with van der Waals surface area (Å²) in [6.07, 6.45) is -1.47. The minimum absolute atomic E-state index is 0.241. The van der Waals surface area contributed by atoms with Crippen LogP contribution in [0.3, 0.4) is 0 Å². The van der Waals surface area contributed by atoms with Crippen LogP contribution in [0.5, 0.6) is 11.5 Å². The number of ether oxygens (including phenoxy) is 4. The molecule has 0 spiro atoms. The lowest BCUT2D eigenvalue weighted by Crippen LogP contribution is -2.67. The average molecular weight is 593 g/mol. The summed E-state index contributed by atoms with van der Waals surface area (Å²) >= 11 is 0. The Labute approximate surface area is 257 Å². The molecule has 44 heavy (non-hydrogen) atoms. The molecule has 2 amide bonds. The molecule has 2 heterocycles. The molecule has 0 aliphatic carbocycles. The molecule has 6 rings (SSSR count). The molecule has 0 radical (unpaired) electrons. The number of morpholine rings is 1. The molecule has 8 nitrogen and oxygen atoms in total. The number of nitrogens with zero attached hydrogens (tertiary/aromatic N) is 2. The smallest absolute Gasteiger partial charge is 0.282 e. The highest BCUT2D eigenvalue weighted by molar-refractivity contribution is 6.05. The normalized spacial score (nSPS) is 25.0. The highest BCUT2D eigenvalue weighted by Gasteiger charge is 2.58. The number of benzene rings is 4. The number of likely N-dealkylation sites (N-methyl/N-ethyl adjacent to an activating group) is 1. The third-order valence-electron chi connectivity index (χ3n) is 8.45. The van der Waals surface area contributed by atoms with E-state index in [0.29, 0.717) is 23.8 Å². The molecule has 2 saturated heterocycles. The quantitative estimate of drug-likeness (QED) is 0.219. The third kappa shape index (κ3) is 5.42. The maximum absolute atomic E-state index is 13.9. The largest absolute Gasteiger partial charge is 0.497 e. The van der Waals surface area contributed by atoms with Crippen molar-refractivity contribution in [1.29, 1.82) is 0 Å². The van der Waals surface area contributed by atoms with Gasteiger partial charge >= 0.3 is 0 Å². The van der Waals surface area contributed by atoms with Crippen LogP contribution in [-0.4, -0.2) is 48.8 Å². The average Bonchev–Trinajstić information content (AvgIpc) is 3.07. The van der Waals surface area contributed by atoms with Gasteiger partial charge in [0.2, 0.25) is 5.79 Å². The Morgan fingerprint density at radius 1 is 0.864 bits per heavy atom. The molecule has 4 aromatic rings.